The van der Waals surface area contributed by atoms with E-state index in [2.05, 4.69) is 40.1 Å². The van der Waals surface area contributed by atoms with Crippen molar-refractivity contribution in [1.82, 2.24) is 15.1 Å². The largest absolute Gasteiger partial charge is 0.454 e. The van der Waals surface area contributed by atoms with Crippen molar-refractivity contribution in [2.45, 2.75) is 38.8 Å². The number of benzene rings is 1. The molecular formula is C19H31IN4O2. The van der Waals surface area contributed by atoms with Crippen LogP contribution >= 0.6 is 24.0 Å². The van der Waals surface area contributed by atoms with E-state index in [9.17, 15) is 0 Å². The van der Waals surface area contributed by atoms with Crippen molar-refractivity contribution >= 4 is 29.9 Å². The number of ether oxygens (including phenoxy) is 2. The second-order valence-corrected chi connectivity index (χ2v) is 6.75. The summed E-state index contributed by atoms with van der Waals surface area (Å²) in [5.74, 6) is 2.58. The molecule has 7 heteroatoms. The Morgan fingerprint density at radius 1 is 1.31 bits per heavy atom. The van der Waals surface area contributed by atoms with Crippen LogP contribution in [-0.4, -0.2) is 62.3 Å². The number of halogens is 1. The van der Waals surface area contributed by atoms with Gasteiger partial charge >= 0.3 is 0 Å². The molecule has 2 heterocycles. The SMILES string of the molecule is CCN1CCCCC1CNC(=NC)N(C)Cc1ccc2c(c1)OCO2.I. The second kappa shape index (κ2) is 10.2. The lowest BCUT2D eigenvalue weighted by molar-refractivity contribution is 0.156. The van der Waals surface area contributed by atoms with Gasteiger partial charge in [0.2, 0.25) is 6.79 Å². The van der Waals surface area contributed by atoms with Crippen molar-refractivity contribution in [3.63, 3.8) is 0 Å². The molecule has 2 aliphatic heterocycles. The Kier molecular flexibility index (Phi) is 8.27. The predicted molar refractivity (Wildman–Crippen MR) is 116 cm³/mol. The normalized spacial score (nSPS) is 19.8. The van der Waals surface area contributed by atoms with Crippen LogP contribution in [0, 0.1) is 0 Å². The molecule has 1 unspecified atom stereocenters. The van der Waals surface area contributed by atoms with Crippen LogP contribution in [0.5, 0.6) is 11.5 Å². The number of guanidine groups is 1. The molecule has 1 fully saturated rings. The van der Waals surface area contributed by atoms with Gasteiger partial charge in [-0.25, -0.2) is 0 Å². The molecule has 1 aromatic rings. The predicted octanol–water partition coefficient (Wildman–Crippen LogP) is 2.91. The molecule has 146 valence electrons. The van der Waals surface area contributed by atoms with Crippen LogP contribution in [0.2, 0.25) is 0 Å². The van der Waals surface area contributed by atoms with Crippen molar-refractivity contribution in [2.75, 3.05) is 40.5 Å². The van der Waals surface area contributed by atoms with Crippen molar-refractivity contribution in [3.05, 3.63) is 23.8 Å². The number of hydrogen-bond acceptors (Lipinski definition) is 4. The van der Waals surface area contributed by atoms with Crippen molar-refractivity contribution < 1.29 is 9.47 Å². The smallest absolute Gasteiger partial charge is 0.231 e. The Morgan fingerprint density at radius 2 is 2.12 bits per heavy atom. The third-order valence-electron chi connectivity index (χ3n) is 5.08. The molecule has 0 spiro atoms. The third kappa shape index (κ3) is 5.16. The molecule has 0 radical (unpaired) electrons. The third-order valence-corrected chi connectivity index (χ3v) is 5.08. The summed E-state index contributed by atoms with van der Waals surface area (Å²) in [7, 11) is 3.91. The molecule has 3 rings (SSSR count). The van der Waals surface area contributed by atoms with Gasteiger partial charge in [0.15, 0.2) is 17.5 Å². The fraction of sp³-hybridized carbons (Fsp3) is 0.632. The highest BCUT2D eigenvalue weighted by molar-refractivity contribution is 14.0. The zero-order valence-electron chi connectivity index (χ0n) is 16.0. The average molecular weight is 474 g/mol. The lowest BCUT2D eigenvalue weighted by atomic mass is 10.0. The van der Waals surface area contributed by atoms with Crippen LogP contribution < -0.4 is 14.8 Å². The number of rotatable bonds is 5. The van der Waals surface area contributed by atoms with Gasteiger partial charge in [0, 0.05) is 33.2 Å². The molecule has 1 saturated heterocycles. The first-order chi connectivity index (χ1) is 12.2. The van der Waals surface area contributed by atoms with Crippen molar-refractivity contribution in [2.24, 2.45) is 4.99 Å². The fourth-order valence-electron chi connectivity index (χ4n) is 3.69. The highest BCUT2D eigenvalue weighted by atomic mass is 127. The van der Waals surface area contributed by atoms with Gasteiger partial charge in [-0.2, -0.15) is 0 Å². The van der Waals surface area contributed by atoms with Crippen LogP contribution in [0.3, 0.4) is 0 Å². The van der Waals surface area contributed by atoms with E-state index in [1.807, 2.05) is 19.2 Å². The van der Waals surface area contributed by atoms with E-state index in [0.29, 0.717) is 12.8 Å². The zero-order valence-corrected chi connectivity index (χ0v) is 18.4. The zero-order chi connectivity index (χ0) is 17.6. The molecule has 0 amide bonds. The number of piperidine rings is 1. The van der Waals surface area contributed by atoms with Gasteiger partial charge in [-0.05, 0) is 43.6 Å². The summed E-state index contributed by atoms with van der Waals surface area (Å²) in [6.45, 7) is 6.63. The molecule has 26 heavy (non-hydrogen) atoms. The van der Waals surface area contributed by atoms with E-state index in [1.165, 1.54) is 31.4 Å². The van der Waals surface area contributed by atoms with Gasteiger partial charge in [0.05, 0.1) is 0 Å². The van der Waals surface area contributed by atoms with Crippen molar-refractivity contribution in [3.8, 4) is 11.5 Å². The molecular weight excluding hydrogens is 443 g/mol. The number of likely N-dealkylation sites (tertiary alicyclic amines) is 1. The first-order valence-electron chi connectivity index (χ1n) is 9.25. The van der Waals surface area contributed by atoms with Crippen LogP contribution in [0.25, 0.3) is 0 Å². The molecule has 2 aliphatic rings. The Morgan fingerprint density at radius 3 is 2.88 bits per heavy atom. The number of nitrogens with zero attached hydrogens (tertiary/aromatic N) is 3. The molecule has 0 aliphatic carbocycles. The minimum atomic E-state index is 0. The molecule has 0 saturated carbocycles. The maximum Gasteiger partial charge on any atom is 0.231 e. The topological polar surface area (TPSA) is 49.3 Å². The minimum Gasteiger partial charge on any atom is -0.454 e. The number of hydrogen-bond donors (Lipinski definition) is 1. The Hall–Kier alpha value is -1.22. The van der Waals surface area contributed by atoms with Crippen LogP contribution in [0.4, 0.5) is 0 Å². The molecule has 0 aromatic heterocycles. The summed E-state index contributed by atoms with van der Waals surface area (Å²) in [6, 6.07) is 6.71. The quantitative estimate of drug-likeness (QED) is 0.404. The lowest BCUT2D eigenvalue weighted by Crippen LogP contribution is -2.49. The molecule has 6 nitrogen and oxygen atoms in total. The van der Waals surface area contributed by atoms with Gasteiger partial charge in [-0.1, -0.05) is 19.4 Å². The summed E-state index contributed by atoms with van der Waals surface area (Å²) in [6.07, 6.45) is 3.92. The minimum absolute atomic E-state index is 0. The number of likely N-dealkylation sites (N-methyl/N-ethyl adjacent to an activating group) is 1. The maximum atomic E-state index is 5.47. The van der Waals surface area contributed by atoms with Crippen LogP contribution in [0.1, 0.15) is 31.7 Å². The maximum absolute atomic E-state index is 5.47. The fourth-order valence-corrected chi connectivity index (χ4v) is 3.69. The summed E-state index contributed by atoms with van der Waals surface area (Å²) in [4.78, 5) is 9.17. The molecule has 1 aromatic carbocycles. The Balaban J connectivity index is 0.00000243. The van der Waals surface area contributed by atoms with E-state index < -0.39 is 0 Å². The first-order valence-corrected chi connectivity index (χ1v) is 9.25. The highest BCUT2D eigenvalue weighted by Crippen LogP contribution is 2.32. The summed E-state index contributed by atoms with van der Waals surface area (Å²) >= 11 is 0. The van der Waals surface area contributed by atoms with E-state index in [-0.39, 0.29) is 24.0 Å². The van der Waals surface area contributed by atoms with Crippen LogP contribution in [-0.2, 0) is 6.54 Å². The summed E-state index contributed by atoms with van der Waals surface area (Å²) in [5.41, 5.74) is 1.18. The average Bonchev–Trinajstić information content (AvgIpc) is 3.10. The monoisotopic (exact) mass is 474 g/mol. The van der Waals surface area contributed by atoms with Gasteiger partial charge in [0.1, 0.15) is 0 Å². The van der Waals surface area contributed by atoms with Crippen LogP contribution in [0.15, 0.2) is 23.2 Å². The number of aliphatic imine (C=N–C) groups is 1. The highest BCUT2D eigenvalue weighted by Gasteiger charge is 2.21. The summed E-state index contributed by atoms with van der Waals surface area (Å²) in [5, 5.41) is 3.55. The van der Waals surface area contributed by atoms with E-state index in [0.717, 1.165) is 37.1 Å². The lowest BCUT2D eigenvalue weighted by Gasteiger charge is -2.35. The van der Waals surface area contributed by atoms with Crippen molar-refractivity contribution in [1.29, 1.82) is 0 Å². The van der Waals surface area contributed by atoms with E-state index in [4.69, 9.17) is 9.47 Å². The second-order valence-electron chi connectivity index (χ2n) is 6.75. The summed E-state index contributed by atoms with van der Waals surface area (Å²) < 4.78 is 10.8. The van der Waals surface area contributed by atoms with Gasteiger partial charge in [-0.15, -0.1) is 24.0 Å². The Bertz CT molecular complexity index is 611. The molecule has 1 N–H and O–H groups in total. The van der Waals surface area contributed by atoms with Gasteiger partial charge in [-0.3, -0.25) is 9.89 Å². The van der Waals surface area contributed by atoms with E-state index >= 15 is 0 Å². The van der Waals surface area contributed by atoms with Gasteiger partial charge < -0.3 is 19.7 Å². The first kappa shape index (κ1) is 21.1. The Labute approximate surface area is 173 Å². The standard InChI is InChI=1S/C19H30N4O2.HI/c1-4-23-10-6-5-7-16(23)12-21-19(20-2)22(3)13-15-8-9-17-18(11-15)25-14-24-17;/h8-9,11,16H,4-7,10,12-14H2,1-3H3,(H,20,21);1H. The molecule has 0 bridgehead atoms. The van der Waals surface area contributed by atoms with Gasteiger partial charge in [0.25, 0.3) is 0 Å². The van der Waals surface area contributed by atoms with E-state index in [1.54, 1.807) is 0 Å². The molecule has 1 atom stereocenters. The number of nitrogens with one attached hydrogen (secondary N) is 1. The number of fused-ring (bicyclic) bond motifs is 1.